The van der Waals surface area contributed by atoms with Crippen molar-refractivity contribution in [3.05, 3.63) is 47.5 Å². The smallest absolute Gasteiger partial charge is 0.221 e. The van der Waals surface area contributed by atoms with Crippen LogP contribution < -0.4 is 19.7 Å². The molecule has 0 unspecified atom stereocenters. The Morgan fingerprint density at radius 2 is 1.74 bits per heavy atom. The van der Waals surface area contributed by atoms with Crippen LogP contribution in [-0.2, 0) is 4.79 Å². The van der Waals surface area contributed by atoms with Crippen molar-refractivity contribution >= 4 is 42.1 Å². The number of rotatable bonds is 9. The van der Waals surface area contributed by atoms with Crippen molar-refractivity contribution in [2.75, 3.05) is 56.7 Å². The van der Waals surface area contributed by atoms with Crippen molar-refractivity contribution in [1.29, 1.82) is 0 Å². The van der Waals surface area contributed by atoms with Crippen molar-refractivity contribution < 1.29 is 14.3 Å². The van der Waals surface area contributed by atoms with Gasteiger partial charge in [-0.2, -0.15) is 0 Å². The molecule has 1 N–H and O–H groups in total. The van der Waals surface area contributed by atoms with Crippen LogP contribution in [0.1, 0.15) is 44.2 Å². The number of ether oxygens (including phenoxy) is 2. The van der Waals surface area contributed by atoms with E-state index in [2.05, 4.69) is 41.1 Å². The van der Waals surface area contributed by atoms with Gasteiger partial charge in [0.1, 0.15) is 11.5 Å². The standard InChI is InChI=1S/C26H37N3O3.2ClH/c1-19(2)22-18-23(27-21(4)30)20(3)17-26(22)32-16-8-11-28-12-14-29(15-13-28)24-9-6-7-10-25(24)31-5;;/h6-7,9-10,17-19H,8,11-16H2,1-5H3,(H,27,30);2*1H. The molecule has 190 valence electrons. The van der Waals surface area contributed by atoms with Crippen molar-refractivity contribution in [1.82, 2.24) is 4.90 Å². The number of carbonyl (C=O) groups is 1. The minimum Gasteiger partial charge on any atom is -0.495 e. The molecule has 0 saturated carbocycles. The number of anilines is 2. The largest absolute Gasteiger partial charge is 0.495 e. The second-order valence-electron chi connectivity index (χ2n) is 8.74. The predicted molar refractivity (Wildman–Crippen MR) is 146 cm³/mol. The highest BCUT2D eigenvalue weighted by Crippen LogP contribution is 2.32. The van der Waals surface area contributed by atoms with E-state index in [1.807, 2.05) is 31.2 Å². The third-order valence-electron chi connectivity index (χ3n) is 5.96. The van der Waals surface area contributed by atoms with Gasteiger partial charge < -0.3 is 19.7 Å². The summed E-state index contributed by atoms with van der Waals surface area (Å²) in [5.41, 5.74) is 4.19. The molecule has 0 radical (unpaired) electrons. The normalized spacial score (nSPS) is 13.6. The van der Waals surface area contributed by atoms with E-state index >= 15 is 0 Å². The molecule has 34 heavy (non-hydrogen) atoms. The summed E-state index contributed by atoms with van der Waals surface area (Å²) in [6.45, 7) is 13.6. The quantitative estimate of drug-likeness (QED) is 0.449. The van der Waals surface area contributed by atoms with Gasteiger partial charge in [0, 0.05) is 45.3 Å². The van der Waals surface area contributed by atoms with E-state index in [0.717, 1.165) is 67.5 Å². The van der Waals surface area contributed by atoms with Crippen molar-refractivity contribution in [2.24, 2.45) is 0 Å². The van der Waals surface area contributed by atoms with Crippen LogP contribution in [0.4, 0.5) is 11.4 Å². The number of nitrogens with zero attached hydrogens (tertiary/aromatic N) is 2. The molecule has 2 aromatic carbocycles. The number of benzene rings is 2. The van der Waals surface area contributed by atoms with E-state index < -0.39 is 0 Å². The number of piperazine rings is 1. The van der Waals surface area contributed by atoms with Gasteiger partial charge in [0.2, 0.25) is 5.91 Å². The van der Waals surface area contributed by atoms with E-state index in [1.165, 1.54) is 12.6 Å². The number of para-hydroxylation sites is 2. The van der Waals surface area contributed by atoms with Crippen LogP contribution in [0.5, 0.6) is 11.5 Å². The topological polar surface area (TPSA) is 54.0 Å². The summed E-state index contributed by atoms with van der Waals surface area (Å²) in [6.07, 6.45) is 0.985. The molecular formula is C26H39Cl2N3O3. The lowest BCUT2D eigenvalue weighted by Crippen LogP contribution is -2.46. The number of carbonyl (C=O) groups excluding carboxylic acids is 1. The lowest BCUT2D eigenvalue weighted by atomic mass is 9.99. The summed E-state index contributed by atoms with van der Waals surface area (Å²) in [5.74, 6) is 2.13. The van der Waals surface area contributed by atoms with Crippen molar-refractivity contribution in [2.45, 2.75) is 40.0 Å². The van der Waals surface area contributed by atoms with Gasteiger partial charge in [-0.3, -0.25) is 9.69 Å². The van der Waals surface area contributed by atoms with Crippen LogP contribution >= 0.6 is 24.8 Å². The minimum absolute atomic E-state index is 0. The molecule has 0 aromatic heterocycles. The number of aryl methyl sites for hydroxylation is 1. The van der Waals surface area contributed by atoms with Crippen molar-refractivity contribution in [3.63, 3.8) is 0 Å². The Balaban J connectivity index is 0.00000289. The molecule has 0 bridgehead atoms. The summed E-state index contributed by atoms with van der Waals surface area (Å²) < 4.78 is 11.7. The lowest BCUT2D eigenvalue weighted by molar-refractivity contribution is -0.114. The molecule has 0 atom stereocenters. The fraction of sp³-hybridized carbons (Fsp3) is 0.500. The lowest BCUT2D eigenvalue weighted by Gasteiger charge is -2.36. The van der Waals surface area contributed by atoms with Crippen LogP contribution in [0, 0.1) is 6.92 Å². The first-order valence-electron chi connectivity index (χ1n) is 11.5. The van der Waals surface area contributed by atoms with Gasteiger partial charge in [-0.1, -0.05) is 26.0 Å². The maximum absolute atomic E-state index is 11.5. The third-order valence-corrected chi connectivity index (χ3v) is 5.96. The van der Waals surface area contributed by atoms with Gasteiger partial charge in [-0.25, -0.2) is 0 Å². The molecular weight excluding hydrogens is 473 g/mol. The van der Waals surface area contributed by atoms with E-state index in [-0.39, 0.29) is 30.7 Å². The molecule has 6 nitrogen and oxygen atoms in total. The van der Waals surface area contributed by atoms with Crippen LogP contribution in [-0.4, -0.2) is 57.2 Å². The van der Waals surface area contributed by atoms with Crippen molar-refractivity contribution in [3.8, 4) is 11.5 Å². The van der Waals surface area contributed by atoms with Gasteiger partial charge in [-0.05, 0) is 54.7 Å². The van der Waals surface area contributed by atoms with Crippen LogP contribution in [0.25, 0.3) is 0 Å². The molecule has 1 aliphatic heterocycles. The zero-order chi connectivity index (χ0) is 23.1. The third kappa shape index (κ3) is 7.97. The molecule has 0 spiro atoms. The molecule has 2 aromatic rings. The highest BCUT2D eigenvalue weighted by Gasteiger charge is 2.19. The number of methoxy groups -OCH3 is 1. The molecule has 8 heteroatoms. The van der Waals surface area contributed by atoms with Crippen LogP contribution in [0.2, 0.25) is 0 Å². The minimum atomic E-state index is -0.0534. The Bertz CT molecular complexity index is 916. The first-order valence-corrected chi connectivity index (χ1v) is 11.5. The highest BCUT2D eigenvalue weighted by atomic mass is 35.5. The van der Waals surface area contributed by atoms with Crippen LogP contribution in [0.15, 0.2) is 36.4 Å². The molecule has 1 amide bonds. The number of amides is 1. The molecule has 1 aliphatic rings. The molecule has 3 rings (SSSR count). The van der Waals surface area contributed by atoms with Gasteiger partial charge in [-0.15, -0.1) is 24.8 Å². The molecule has 1 heterocycles. The van der Waals surface area contributed by atoms with Gasteiger partial charge in [0.25, 0.3) is 0 Å². The number of halogens is 2. The second-order valence-corrected chi connectivity index (χ2v) is 8.74. The fourth-order valence-electron chi connectivity index (χ4n) is 4.17. The fourth-order valence-corrected chi connectivity index (χ4v) is 4.17. The Kier molecular flexibility index (Phi) is 12.6. The van der Waals surface area contributed by atoms with Gasteiger partial charge >= 0.3 is 0 Å². The Morgan fingerprint density at radius 1 is 1.06 bits per heavy atom. The number of hydrogen-bond acceptors (Lipinski definition) is 5. The predicted octanol–water partition coefficient (Wildman–Crippen LogP) is 5.52. The molecule has 1 fully saturated rings. The van der Waals surface area contributed by atoms with Gasteiger partial charge in [0.15, 0.2) is 0 Å². The summed E-state index contributed by atoms with van der Waals surface area (Å²) in [5, 5.41) is 2.92. The summed E-state index contributed by atoms with van der Waals surface area (Å²) in [6, 6.07) is 12.3. The SMILES string of the molecule is COc1ccccc1N1CCN(CCCOc2cc(C)c(NC(C)=O)cc2C(C)C)CC1.Cl.Cl. The Labute approximate surface area is 216 Å². The summed E-state index contributed by atoms with van der Waals surface area (Å²) in [4.78, 5) is 16.4. The average Bonchev–Trinajstić information content (AvgIpc) is 2.78. The van der Waals surface area contributed by atoms with E-state index in [4.69, 9.17) is 9.47 Å². The maximum Gasteiger partial charge on any atom is 0.221 e. The summed E-state index contributed by atoms with van der Waals surface area (Å²) >= 11 is 0. The maximum atomic E-state index is 11.5. The molecule has 1 saturated heterocycles. The monoisotopic (exact) mass is 511 g/mol. The van der Waals surface area contributed by atoms with E-state index in [0.29, 0.717) is 12.5 Å². The van der Waals surface area contributed by atoms with E-state index in [1.54, 1.807) is 7.11 Å². The average molecular weight is 513 g/mol. The van der Waals surface area contributed by atoms with E-state index in [9.17, 15) is 4.79 Å². The Morgan fingerprint density at radius 3 is 2.35 bits per heavy atom. The number of hydrogen-bond donors (Lipinski definition) is 1. The highest BCUT2D eigenvalue weighted by molar-refractivity contribution is 5.89. The second kappa shape index (κ2) is 14.3. The molecule has 0 aliphatic carbocycles. The Hall–Kier alpha value is -2.15. The zero-order valence-corrected chi connectivity index (χ0v) is 22.6. The zero-order valence-electron chi connectivity index (χ0n) is 20.9. The summed E-state index contributed by atoms with van der Waals surface area (Å²) in [7, 11) is 1.73. The van der Waals surface area contributed by atoms with Gasteiger partial charge in [0.05, 0.1) is 19.4 Å². The first-order chi connectivity index (χ1) is 15.4. The van der Waals surface area contributed by atoms with Crippen LogP contribution in [0.3, 0.4) is 0 Å². The number of nitrogens with one attached hydrogen (secondary N) is 1. The first kappa shape index (κ1) is 29.9.